The summed E-state index contributed by atoms with van der Waals surface area (Å²) in [6, 6.07) is 14.8. The minimum atomic E-state index is -0.232. The van der Waals surface area contributed by atoms with Gasteiger partial charge in [0.1, 0.15) is 11.4 Å². The summed E-state index contributed by atoms with van der Waals surface area (Å²) in [7, 11) is 1.61. The molecule has 7 nitrogen and oxygen atoms in total. The Hall–Kier alpha value is -3.48. The zero-order chi connectivity index (χ0) is 17.9. The van der Waals surface area contributed by atoms with Crippen LogP contribution in [0.3, 0.4) is 0 Å². The summed E-state index contributed by atoms with van der Waals surface area (Å²) < 4.78 is 15.8. The van der Waals surface area contributed by atoms with E-state index in [1.54, 1.807) is 13.2 Å². The summed E-state index contributed by atoms with van der Waals surface area (Å²) in [6.45, 7) is 0.606. The molecule has 2 heterocycles. The molecular weight excluding hydrogens is 334 g/mol. The van der Waals surface area contributed by atoms with Crippen LogP contribution in [0.5, 0.6) is 17.2 Å². The molecule has 2 aromatic carbocycles. The maximum Gasteiger partial charge on any atom is 0.269 e. The Bertz CT molecular complexity index is 951. The predicted octanol–water partition coefficient (Wildman–Crippen LogP) is 2.74. The zero-order valence-corrected chi connectivity index (χ0v) is 14.1. The number of rotatable bonds is 5. The van der Waals surface area contributed by atoms with Gasteiger partial charge >= 0.3 is 0 Å². The van der Waals surface area contributed by atoms with E-state index in [9.17, 15) is 4.79 Å². The van der Waals surface area contributed by atoms with Crippen molar-refractivity contribution in [2.24, 2.45) is 0 Å². The van der Waals surface area contributed by atoms with Gasteiger partial charge in [0.25, 0.3) is 5.91 Å². The number of carbonyl (C=O) groups is 1. The van der Waals surface area contributed by atoms with Crippen LogP contribution >= 0.6 is 0 Å². The lowest BCUT2D eigenvalue weighted by Gasteiger charge is -2.05. The Balaban J connectivity index is 1.43. The Morgan fingerprint density at radius 2 is 2.08 bits per heavy atom. The number of methoxy groups -OCH3 is 1. The number of nitrogens with one attached hydrogen (secondary N) is 2. The molecule has 4 rings (SSSR count). The van der Waals surface area contributed by atoms with Crippen molar-refractivity contribution in [3.8, 4) is 28.5 Å². The van der Waals surface area contributed by atoms with Crippen molar-refractivity contribution in [2.45, 2.75) is 6.54 Å². The number of ether oxygens (including phenoxy) is 3. The standard InChI is InChI=1S/C19H17N3O4/c1-24-14-4-2-3-13(8-14)15-9-16(22-21-15)19(23)20-10-12-5-6-17-18(7-12)26-11-25-17/h2-9H,10-11H2,1H3,(H,20,23)(H,21,22). The minimum absolute atomic E-state index is 0.229. The number of hydrogen-bond acceptors (Lipinski definition) is 5. The number of aromatic amines is 1. The molecule has 1 aromatic heterocycles. The van der Waals surface area contributed by atoms with Crippen LogP contribution in [0.1, 0.15) is 16.1 Å². The molecule has 7 heteroatoms. The van der Waals surface area contributed by atoms with Crippen LogP contribution < -0.4 is 19.5 Å². The number of amides is 1. The van der Waals surface area contributed by atoms with Gasteiger partial charge in [-0.15, -0.1) is 0 Å². The predicted molar refractivity (Wildman–Crippen MR) is 94.3 cm³/mol. The average Bonchev–Trinajstić information content (AvgIpc) is 3.35. The van der Waals surface area contributed by atoms with Gasteiger partial charge in [0.2, 0.25) is 6.79 Å². The van der Waals surface area contributed by atoms with Crippen LogP contribution in [-0.4, -0.2) is 30.0 Å². The van der Waals surface area contributed by atoms with E-state index >= 15 is 0 Å². The molecule has 0 bridgehead atoms. The second-order valence-electron chi connectivity index (χ2n) is 5.77. The number of nitrogens with zero attached hydrogens (tertiary/aromatic N) is 1. The van der Waals surface area contributed by atoms with E-state index < -0.39 is 0 Å². The van der Waals surface area contributed by atoms with Gasteiger partial charge in [0.15, 0.2) is 11.5 Å². The quantitative estimate of drug-likeness (QED) is 0.738. The van der Waals surface area contributed by atoms with E-state index in [1.807, 2.05) is 42.5 Å². The van der Waals surface area contributed by atoms with Gasteiger partial charge in [-0.25, -0.2) is 0 Å². The number of aromatic nitrogens is 2. The van der Waals surface area contributed by atoms with Gasteiger partial charge in [-0.2, -0.15) is 5.10 Å². The molecule has 0 spiro atoms. The van der Waals surface area contributed by atoms with Crippen molar-refractivity contribution in [1.82, 2.24) is 15.5 Å². The largest absolute Gasteiger partial charge is 0.497 e. The van der Waals surface area contributed by atoms with Crippen LogP contribution in [0.15, 0.2) is 48.5 Å². The number of H-pyrrole nitrogens is 1. The summed E-state index contributed by atoms with van der Waals surface area (Å²) >= 11 is 0. The van der Waals surface area contributed by atoms with E-state index in [2.05, 4.69) is 15.5 Å². The lowest BCUT2D eigenvalue weighted by molar-refractivity contribution is 0.0946. The first-order valence-corrected chi connectivity index (χ1v) is 8.09. The van der Waals surface area contributed by atoms with E-state index in [1.165, 1.54) is 0 Å². The molecule has 0 radical (unpaired) electrons. The molecule has 0 fully saturated rings. The Morgan fingerprint density at radius 3 is 2.96 bits per heavy atom. The molecule has 0 saturated carbocycles. The maximum absolute atomic E-state index is 12.4. The maximum atomic E-state index is 12.4. The lowest BCUT2D eigenvalue weighted by Crippen LogP contribution is -2.23. The molecule has 0 unspecified atom stereocenters. The molecule has 3 aromatic rings. The molecular formula is C19H17N3O4. The third-order valence-electron chi connectivity index (χ3n) is 4.08. The van der Waals surface area contributed by atoms with Crippen molar-refractivity contribution in [3.05, 3.63) is 59.8 Å². The molecule has 1 aliphatic rings. The number of benzene rings is 2. The fraction of sp³-hybridized carbons (Fsp3) is 0.158. The third-order valence-corrected chi connectivity index (χ3v) is 4.08. The van der Waals surface area contributed by atoms with Crippen LogP contribution in [0, 0.1) is 0 Å². The molecule has 0 atom stereocenters. The molecule has 1 amide bonds. The molecule has 0 saturated heterocycles. The van der Waals surface area contributed by atoms with Gasteiger partial charge in [-0.1, -0.05) is 18.2 Å². The highest BCUT2D eigenvalue weighted by Crippen LogP contribution is 2.32. The molecule has 26 heavy (non-hydrogen) atoms. The van der Waals surface area contributed by atoms with Crippen molar-refractivity contribution in [1.29, 1.82) is 0 Å². The molecule has 132 valence electrons. The summed E-state index contributed by atoms with van der Waals surface area (Å²) in [5, 5.41) is 9.84. The highest BCUT2D eigenvalue weighted by Gasteiger charge is 2.15. The third kappa shape index (κ3) is 3.19. The second kappa shape index (κ2) is 6.79. The Kier molecular flexibility index (Phi) is 4.18. The van der Waals surface area contributed by atoms with Crippen molar-refractivity contribution in [3.63, 3.8) is 0 Å². The first-order valence-electron chi connectivity index (χ1n) is 8.09. The van der Waals surface area contributed by atoms with Crippen molar-refractivity contribution < 1.29 is 19.0 Å². The number of hydrogen-bond donors (Lipinski definition) is 2. The monoisotopic (exact) mass is 351 g/mol. The van der Waals surface area contributed by atoms with Crippen molar-refractivity contribution in [2.75, 3.05) is 13.9 Å². The van der Waals surface area contributed by atoms with E-state index in [-0.39, 0.29) is 12.7 Å². The Morgan fingerprint density at radius 1 is 1.19 bits per heavy atom. The van der Waals surface area contributed by atoms with Gasteiger partial charge in [0.05, 0.1) is 12.8 Å². The van der Waals surface area contributed by atoms with E-state index in [0.717, 1.165) is 22.6 Å². The van der Waals surface area contributed by atoms with Gasteiger partial charge < -0.3 is 19.5 Å². The highest BCUT2D eigenvalue weighted by atomic mass is 16.7. The normalized spacial score (nSPS) is 12.0. The Labute approximate surface area is 149 Å². The lowest BCUT2D eigenvalue weighted by atomic mass is 10.1. The zero-order valence-electron chi connectivity index (χ0n) is 14.1. The van der Waals surface area contributed by atoms with Crippen molar-refractivity contribution >= 4 is 5.91 Å². The summed E-state index contributed by atoms with van der Waals surface area (Å²) in [4.78, 5) is 12.4. The van der Waals surface area contributed by atoms with E-state index in [4.69, 9.17) is 14.2 Å². The highest BCUT2D eigenvalue weighted by molar-refractivity contribution is 5.93. The summed E-state index contributed by atoms with van der Waals surface area (Å²) in [5.41, 5.74) is 2.87. The fourth-order valence-corrected chi connectivity index (χ4v) is 2.70. The van der Waals surface area contributed by atoms with Gasteiger partial charge in [-0.3, -0.25) is 9.89 Å². The number of carbonyl (C=O) groups excluding carboxylic acids is 1. The summed E-state index contributed by atoms with van der Waals surface area (Å²) in [5.74, 6) is 1.92. The first kappa shape index (κ1) is 16.0. The topological polar surface area (TPSA) is 85.5 Å². The minimum Gasteiger partial charge on any atom is -0.497 e. The van der Waals surface area contributed by atoms with Gasteiger partial charge in [0, 0.05) is 12.1 Å². The van der Waals surface area contributed by atoms with Crippen LogP contribution in [0.25, 0.3) is 11.3 Å². The average molecular weight is 351 g/mol. The molecule has 0 aliphatic carbocycles. The smallest absolute Gasteiger partial charge is 0.269 e. The molecule has 2 N–H and O–H groups in total. The second-order valence-corrected chi connectivity index (χ2v) is 5.77. The fourth-order valence-electron chi connectivity index (χ4n) is 2.70. The molecule has 1 aliphatic heterocycles. The summed E-state index contributed by atoms with van der Waals surface area (Å²) in [6.07, 6.45) is 0. The number of fused-ring (bicyclic) bond motifs is 1. The van der Waals surface area contributed by atoms with E-state index in [0.29, 0.717) is 23.7 Å². The van der Waals surface area contributed by atoms with Gasteiger partial charge in [-0.05, 0) is 35.9 Å². The first-order chi connectivity index (χ1) is 12.7. The van der Waals surface area contributed by atoms with Crippen LogP contribution in [-0.2, 0) is 6.54 Å². The van der Waals surface area contributed by atoms with Crippen LogP contribution in [0.2, 0.25) is 0 Å². The van der Waals surface area contributed by atoms with Crippen LogP contribution in [0.4, 0.5) is 0 Å². The SMILES string of the molecule is COc1cccc(-c2cc(C(=O)NCc3ccc4c(c3)OCO4)[nH]n2)c1.